The van der Waals surface area contributed by atoms with Crippen molar-refractivity contribution in [3.05, 3.63) is 27.9 Å². The Labute approximate surface area is 72.1 Å². The molecule has 0 spiro atoms. The quantitative estimate of drug-likeness (QED) is 0.632. The molecule has 0 aliphatic rings. The van der Waals surface area contributed by atoms with Gasteiger partial charge in [0.25, 0.3) is 5.56 Å². The highest BCUT2D eigenvalue weighted by molar-refractivity contribution is 5.05. The third-order valence-corrected chi connectivity index (χ3v) is 1.87. The lowest BCUT2D eigenvalue weighted by atomic mass is 10.3. The zero-order chi connectivity index (χ0) is 9.30. The summed E-state index contributed by atoms with van der Waals surface area (Å²) in [5, 5.41) is 0. The minimum Gasteiger partial charge on any atom is -0.294 e. The average molecular weight is 166 g/mol. The lowest BCUT2D eigenvalue weighted by Gasteiger charge is -2.12. The van der Waals surface area contributed by atoms with Crippen molar-refractivity contribution in [3.8, 4) is 0 Å². The molecule has 3 nitrogen and oxygen atoms in total. The summed E-state index contributed by atoms with van der Waals surface area (Å²) in [5.41, 5.74) is 0.770. The Morgan fingerprint density at radius 2 is 2.00 bits per heavy atom. The first-order valence-corrected chi connectivity index (χ1v) is 4.08. The van der Waals surface area contributed by atoms with Gasteiger partial charge in [0.2, 0.25) is 0 Å². The molecule has 0 aliphatic carbocycles. The molecule has 0 amide bonds. The summed E-state index contributed by atoms with van der Waals surface area (Å²) in [7, 11) is 0. The molecular formula is C9H14N2O. The van der Waals surface area contributed by atoms with Gasteiger partial charge in [-0.3, -0.25) is 9.36 Å². The largest absolute Gasteiger partial charge is 0.294 e. The van der Waals surface area contributed by atoms with E-state index in [4.69, 9.17) is 0 Å². The molecule has 0 unspecified atom stereocenters. The molecule has 0 N–H and O–H groups in total. The van der Waals surface area contributed by atoms with Crippen molar-refractivity contribution in [3.63, 3.8) is 0 Å². The molecule has 12 heavy (non-hydrogen) atoms. The second-order valence-corrected chi connectivity index (χ2v) is 3.26. The summed E-state index contributed by atoms with van der Waals surface area (Å²) >= 11 is 0. The minimum atomic E-state index is 0.0671. The summed E-state index contributed by atoms with van der Waals surface area (Å²) in [5.74, 6) is 0.778. The maximum Gasteiger partial charge on any atom is 0.256 e. The maximum atomic E-state index is 11.6. The molecular weight excluding hydrogens is 152 g/mol. The van der Waals surface area contributed by atoms with Crippen molar-refractivity contribution in [1.82, 2.24) is 9.55 Å². The van der Waals surface area contributed by atoms with Gasteiger partial charge >= 0.3 is 0 Å². The zero-order valence-electron chi connectivity index (χ0n) is 7.96. The van der Waals surface area contributed by atoms with Gasteiger partial charge in [0.15, 0.2) is 0 Å². The minimum absolute atomic E-state index is 0.0671. The van der Waals surface area contributed by atoms with Gasteiger partial charge in [0, 0.05) is 17.8 Å². The molecule has 1 aromatic heterocycles. The lowest BCUT2D eigenvalue weighted by Crippen LogP contribution is -2.26. The van der Waals surface area contributed by atoms with Gasteiger partial charge in [0.1, 0.15) is 5.82 Å². The van der Waals surface area contributed by atoms with Gasteiger partial charge in [-0.1, -0.05) is 0 Å². The third kappa shape index (κ3) is 1.40. The van der Waals surface area contributed by atoms with Crippen LogP contribution in [0.1, 0.15) is 31.3 Å². The highest BCUT2D eigenvalue weighted by Crippen LogP contribution is 2.02. The Balaban J connectivity index is 3.44. The van der Waals surface area contributed by atoms with E-state index in [1.807, 2.05) is 20.8 Å². The molecule has 0 bridgehead atoms. The molecule has 1 heterocycles. The van der Waals surface area contributed by atoms with Crippen molar-refractivity contribution in [2.45, 2.75) is 33.7 Å². The van der Waals surface area contributed by atoms with E-state index in [0.29, 0.717) is 5.56 Å². The molecule has 0 atom stereocenters. The predicted octanol–water partition coefficient (Wildman–Crippen LogP) is 1.44. The third-order valence-electron chi connectivity index (χ3n) is 1.87. The molecule has 66 valence electrons. The Morgan fingerprint density at radius 3 is 2.42 bits per heavy atom. The van der Waals surface area contributed by atoms with Gasteiger partial charge in [-0.25, -0.2) is 4.98 Å². The number of aryl methyl sites for hydroxylation is 2. The first-order chi connectivity index (χ1) is 5.54. The average Bonchev–Trinajstić information content (AvgIpc) is 1.97. The Kier molecular flexibility index (Phi) is 2.31. The van der Waals surface area contributed by atoms with Crippen LogP contribution in [0.3, 0.4) is 0 Å². The van der Waals surface area contributed by atoms with E-state index in [1.165, 1.54) is 0 Å². The second kappa shape index (κ2) is 3.09. The van der Waals surface area contributed by atoms with E-state index in [9.17, 15) is 4.79 Å². The summed E-state index contributed by atoms with van der Waals surface area (Å²) in [6, 6.07) is 0.185. The fourth-order valence-electron chi connectivity index (χ4n) is 1.25. The summed E-state index contributed by atoms with van der Waals surface area (Å²) in [4.78, 5) is 15.7. The first kappa shape index (κ1) is 8.97. The van der Waals surface area contributed by atoms with Crippen molar-refractivity contribution >= 4 is 0 Å². The van der Waals surface area contributed by atoms with Crippen LogP contribution in [0.25, 0.3) is 0 Å². The van der Waals surface area contributed by atoms with Crippen LogP contribution in [0.5, 0.6) is 0 Å². The molecule has 1 aromatic rings. The number of hydrogen-bond acceptors (Lipinski definition) is 2. The van der Waals surface area contributed by atoms with Crippen molar-refractivity contribution in [1.29, 1.82) is 0 Å². The van der Waals surface area contributed by atoms with Gasteiger partial charge in [-0.15, -0.1) is 0 Å². The van der Waals surface area contributed by atoms with Crippen molar-refractivity contribution < 1.29 is 0 Å². The van der Waals surface area contributed by atoms with Crippen LogP contribution in [-0.2, 0) is 0 Å². The topological polar surface area (TPSA) is 34.9 Å². The molecule has 0 saturated carbocycles. The van der Waals surface area contributed by atoms with Gasteiger partial charge < -0.3 is 0 Å². The van der Waals surface area contributed by atoms with Crippen molar-refractivity contribution in [2.24, 2.45) is 0 Å². The van der Waals surface area contributed by atoms with Gasteiger partial charge in [-0.2, -0.15) is 0 Å². The fourth-order valence-corrected chi connectivity index (χ4v) is 1.25. The SMILES string of the molecule is Cc1cnc(C)n(C(C)C)c1=O. The van der Waals surface area contributed by atoms with Crippen LogP contribution in [0.2, 0.25) is 0 Å². The molecule has 0 fully saturated rings. The Hall–Kier alpha value is -1.12. The molecule has 0 aliphatic heterocycles. The Bertz CT molecular complexity index is 339. The number of rotatable bonds is 1. The van der Waals surface area contributed by atoms with Crippen molar-refractivity contribution in [2.75, 3.05) is 0 Å². The first-order valence-electron chi connectivity index (χ1n) is 4.08. The van der Waals surface area contributed by atoms with E-state index in [-0.39, 0.29) is 11.6 Å². The highest BCUT2D eigenvalue weighted by atomic mass is 16.1. The number of hydrogen-bond donors (Lipinski definition) is 0. The van der Waals surface area contributed by atoms with E-state index in [0.717, 1.165) is 5.82 Å². The van der Waals surface area contributed by atoms with E-state index in [1.54, 1.807) is 17.7 Å². The molecule has 1 rings (SSSR count). The maximum absolute atomic E-state index is 11.6. The van der Waals surface area contributed by atoms with Gasteiger partial charge in [-0.05, 0) is 27.7 Å². The van der Waals surface area contributed by atoms with Crippen LogP contribution < -0.4 is 5.56 Å². The van der Waals surface area contributed by atoms with Gasteiger partial charge in [0.05, 0.1) is 0 Å². The summed E-state index contributed by atoms with van der Waals surface area (Å²) in [6.45, 7) is 7.60. The summed E-state index contributed by atoms with van der Waals surface area (Å²) in [6.07, 6.45) is 1.62. The van der Waals surface area contributed by atoms with Crippen LogP contribution in [0.15, 0.2) is 11.0 Å². The van der Waals surface area contributed by atoms with E-state index in [2.05, 4.69) is 4.98 Å². The highest BCUT2D eigenvalue weighted by Gasteiger charge is 2.06. The molecule has 0 radical (unpaired) electrons. The zero-order valence-corrected chi connectivity index (χ0v) is 7.96. The summed E-state index contributed by atoms with van der Waals surface area (Å²) < 4.78 is 1.70. The standard InChI is InChI=1S/C9H14N2O/c1-6(2)11-8(4)10-5-7(3)9(11)12/h5-6H,1-4H3. The van der Waals surface area contributed by atoms with E-state index >= 15 is 0 Å². The lowest BCUT2D eigenvalue weighted by molar-refractivity contribution is 0.545. The predicted molar refractivity (Wildman–Crippen MR) is 48.4 cm³/mol. The van der Waals surface area contributed by atoms with Crippen LogP contribution in [0.4, 0.5) is 0 Å². The molecule has 3 heteroatoms. The number of aromatic nitrogens is 2. The normalized spacial score (nSPS) is 10.8. The van der Waals surface area contributed by atoms with Crippen LogP contribution in [-0.4, -0.2) is 9.55 Å². The Morgan fingerprint density at radius 1 is 1.42 bits per heavy atom. The molecule has 0 aromatic carbocycles. The number of nitrogens with zero attached hydrogens (tertiary/aromatic N) is 2. The van der Waals surface area contributed by atoms with E-state index < -0.39 is 0 Å². The smallest absolute Gasteiger partial charge is 0.256 e. The second-order valence-electron chi connectivity index (χ2n) is 3.26. The molecule has 0 saturated heterocycles. The fraction of sp³-hybridized carbons (Fsp3) is 0.556. The monoisotopic (exact) mass is 166 g/mol. The van der Waals surface area contributed by atoms with Crippen LogP contribution in [0, 0.1) is 13.8 Å². The van der Waals surface area contributed by atoms with Crippen LogP contribution >= 0.6 is 0 Å².